The van der Waals surface area contributed by atoms with E-state index >= 15 is 8.78 Å². The first-order valence-corrected chi connectivity index (χ1v) is 17.3. The van der Waals surface area contributed by atoms with Crippen molar-refractivity contribution in [2.75, 3.05) is 57.1 Å². The van der Waals surface area contributed by atoms with Crippen LogP contribution in [0.2, 0.25) is 0 Å². The number of ether oxygens (including phenoxy) is 1. The Morgan fingerprint density at radius 3 is 2.46 bits per heavy atom. The van der Waals surface area contributed by atoms with E-state index < -0.39 is 17.5 Å². The molecule has 2 aliphatic rings. The molecule has 2 fully saturated rings. The number of anilines is 2. The lowest BCUT2D eigenvalue weighted by atomic mass is 9.93. The Labute approximate surface area is 284 Å². The Morgan fingerprint density at radius 1 is 1.04 bits per heavy atom. The quantitative estimate of drug-likeness (QED) is 0.200. The minimum atomic E-state index is -0.660. The number of aryl methyl sites for hydroxylation is 1. The van der Waals surface area contributed by atoms with Gasteiger partial charge in [-0.05, 0) is 64.9 Å². The maximum Gasteiger partial charge on any atom is 0.319 e. The minimum Gasteiger partial charge on any atom is -0.462 e. The van der Waals surface area contributed by atoms with Gasteiger partial charge in [-0.3, -0.25) is 4.79 Å². The van der Waals surface area contributed by atoms with Crippen LogP contribution in [0.4, 0.5) is 20.4 Å². The van der Waals surface area contributed by atoms with Gasteiger partial charge in [-0.2, -0.15) is 9.97 Å². The molecule has 0 saturated carbocycles. The number of rotatable bonds is 9. The number of hydrogen-bond acceptors (Lipinski definition) is 8. The fourth-order valence-corrected chi connectivity index (χ4v) is 6.83. The number of piperazine rings is 1. The summed E-state index contributed by atoms with van der Waals surface area (Å²) in [4.78, 5) is 33.0. The monoisotopic (exact) mass is 663 g/mol. The Bertz CT molecular complexity index is 1770. The predicted octanol–water partition coefficient (Wildman–Crippen LogP) is 7.31. The number of hydrogen-bond donors (Lipinski definition) is 1. The SMILES string of the molecule is CC.CCCCc1cc2c(N3CCN(C)C[C@@H]3C)nc(OC[C@@H]3CCCN3C)nc2c(F)c1-c1nc(NC(C)=O)c(F)c2ccccc12.[HH]. The van der Waals surface area contributed by atoms with Gasteiger partial charge in [0.1, 0.15) is 17.9 Å². The number of carbonyl (C=O) groups is 1. The van der Waals surface area contributed by atoms with Gasteiger partial charge in [0.05, 0.1) is 5.69 Å². The molecule has 2 aromatic carbocycles. The van der Waals surface area contributed by atoms with E-state index in [1.54, 1.807) is 24.3 Å². The summed E-state index contributed by atoms with van der Waals surface area (Å²) in [5.41, 5.74) is 1.38. The number of likely N-dealkylation sites (tertiary alicyclic amines) is 1. The molecule has 260 valence electrons. The van der Waals surface area contributed by atoms with E-state index in [2.05, 4.69) is 52.9 Å². The molecule has 0 bridgehead atoms. The highest BCUT2D eigenvalue weighted by molar-refractivity contribution is 6.02. The van der Waals surface area contributed by atoms with E-state index in [1.807, 2.05) is 19.9 Å². The van der Waals surface area contributed by atoms with Gasteiger partial charge in [-0.25, -0.2) is 13.8 Å². The van der Waals surface area contributed by atoms with E-state index in [0.717, 1.165) is 57.4 Å². The van der Waals surface area contributed by atoms with Crippen LogP contribution in [0.25, 0.3) is 32.9 Å². The second-order valence-electron chi connectivity index (χ2n) is 12.8. The van der Waals surface area contributed by atoms with Crippen molar-refractivity contribution in [2.24, 2.45) is 0 Å². The molecule has 6 rings (SSSR count). The lowest BCUT2D eigenvalue weighted by molar-refractivity contribution is -0.114. The summed E-state index contributed by atoms with van der Waals surface area (Å²) in [7, 11) is 4.18. The smallest absolute Gasteiger partial charge is 0.319 e. The summed E-state index contributed by atoms with van der Waals surface area (Å²) in [5.74, 6) is -1.27. The molecule has 2 aromatic heterocycles. The third-order valence-corrected chi connectivity index (χ3v) is 9.33. The van der Waals surface area contributed by atoms with Crippen LogP contribution in [0.15, 0.2) is 30.3 Å². The first kappa shape index (κ1) is 35.3. The number of aromatic nitrogens is 3. The number of pyridine rings is 1. The third-order valence-electron chi connectivity index (χ3n) is 9.33. The molecule has 11 heteroatoms. The molecule has 2 atom stereocenters. The van der Waals surface area contributed by atoms with Crippen LogP contribution in [0.1, 0.15) is 67.3 Å². The Hall–Kier alpha value is -3.96. The summed E-state index contributed by atoms with van der Waals surface area (Å²) in [6.07, 6.45) is 4.41. The number of carbonyl (C=O) groups excluding carboxylic acids is 1. The van der Waals surface area contributed by atoms with Crippen LogP contribution >= 0.6 is 0 Å². The van der Waals surface area contributed by atoms with Crippen LogP contribution in [0.5, 0.6) is 6.01 Å². The topological polar surface area (TPSA) is 86.7 Å². The van der Waals surface area contributed by atoms with Crippen molar-refractivity contribution >= 4 is 39.2 Å². The molecule has 0 radical (unpaired) electrons. The highest BCUT2D eigenvalue weighted by Crippen LogP contribution is 2.41. The maximum absolute atomic E-state index is 17.4. The van der Waals surface area contributed by atoms with Crippen LogP contribution in [-0.2, 0) is 11.2 Å². The summed E-state index contributed by atoms with van der Waals surface area (Å²) in [6.45, 7) is 13.4. The van der Waals surface area contributed by atoms with Crippen LogP contribution < -0.4 is 15.0 Å². The fourth-order valence-electron chi connectivity index (χ4n) is 6.83. The number of benzene rings is 2. The van der Waals surface area contributed by atoms with E-state index in [-0.39, 0.29) is 47.5 Å². The zero-order chi connectivity index (χ0) is 34.5. The van der Waals surface area contributed by atoms with Crippen molar-refractivity contribution in [1.82, 2.24) is 24.8 Å². The van der Waals surface area contributed by atoms with Crippen LogP contribution in [0.3, 0.4) is 0 Å². The van der Waals surface area contributed by atoms with Crippen molar-refractivity contribution in [3.05, 3.63) is 47.5 Å². The predicted molar refractivity (Wildman–Crippen MR) is 192 cm³/mol. The standard InChI is InChI=1S/C35H43F2N7O2.C2H6.H2/c1-6-7-11-23-18-27-32(30(37)28(23)31-26-14-9-8-13-25(26)29(36)33(39-31)38-22(3)45)40-35(46-20-24-12-10-15-43(24)5)41-34(27)44-17-16-42(4)19-21(44)2;1-2;/h8-9,13-14,18,21,24H,6-7,10-12,15-17,19-20H2,1-5H3,(H,38,39,45);1-2H3;1H/t21-,24-;;/m0../s1. The lowest BCUT2D eigenvalue weighted by Crippen LogP contribution is -2.51. The molecule has 9 nitrogen and oxygen atoms in total. The molecule has 0 aliphatic carbocycles. The summed E-state index contributed by atoms with van der Waals surface area (Å²) in [6, 6.07) is 9.33. The van der Waals surface area contributed by atoms with Gasteiger partial charge in [-0.1, -0.05) is 51.5 Å². The molecule has 48 heavy (non-hydrogen) atoms. The molecule has 2 saturated heterocycles. The number of halogens is 2. The Morgan fingerprint density at radius 2 is 1.79 bits per heavy atom. The number of amides is 1. The van der Waals surface area contributed by atoms with Gasteiger partial charge in [0.15, 0.2) is 17.5 Å². The van der Waals surface area contributed by atoms with E-state index in [4.69, 9.17) is 14.7 Å². The zero-order valence-corrected chi connectivity index (χ0v) is 29.4. The number of fused-ring (bicyclic) bond motifs is 2. The lowest BCUT2D eigenvalue weighted by Gasteiger charge is -2.39. The zero-order valence-electron chi connectivity index (χ0n) is 29.4. The van der Waals surface area contributed by atoms with E-state index in [9.17, 15) is 4.79 Å². The highest BCUT2D eigenvalue weighted by atomic mass is 19.1. The second-order valence-corrected chi connectivity index (χ2v) is 12.8. The number of nitrogens with one attached hydrogen (secondary N) is 1. The Balaban J connectivity index is 0.00000177. The molecule has 4 aromatic rings. The average Bonchev–Trinajstić information content (AvgIpc) is 3.49. The molecule has 1 amide bonds. The van der Waals surface area contributed by atoms with Gasteiger partial charge < -0.3 is 24.8 Å². The van der Waals surface area contributed by atoms with Gasteiger partial charge in [-0.15, -0.1) is 0 Å². The van der Waals surface area contributed by atoms with Gasteiger partial charge >= 0.3 is 6.01 Å². The summed E-state index contributed by atoms with van der Waals surface area (Å²) in [5, 5.41) is 3.82. The van der Waals surface area contributed by atoms with Crippen LogP contribution in [0, 0.1) is 11.6 Å². The van der Waals surface area contributed by atoms with Crippen LogP contribution in [-0.4, -0.2) is 89.6 Å². The van der Waals surface area contributed by atoms with E-state index in [0.29, 0.717) is 29.6 Å². The maximum atomic E-state index is 17.4. The van der Waals surface area contributed by atoms with Crippen molar-refractivity contribution in [3.8, 4) is 17.3 Å². The fraction of sp³-hybridized carbons (Fsp3) is 0.514. The largest absolute Gasteiger partial charge is 0.462 e. The van der Waals surface area contributed by atoms with Crippen molar-refractivity contribution in [1.29, 1.82) is 0 Å². The van der Waals surface area contributed by atoms with E-state index in [1.165, 1.54) is 6.92 Å². The van der Waals surface area contributed by atoms with Gasteiger partial charge in [0, 0.05) is 61.8 Å². The first-order valence-electron chi connectivity index (χ1n) is 17.3. The molecule has 0 spiro atoms. The highest BCUT2D eigenvalue weighted by Gasteiger charge is 2.30. The Kier molecular flexibility index (Phi) is 11.4. The normalized spacial score (nSPS) is 18.6. The van der Waals surface area contributed by atoms with Gasteiger partial charge in [0.2, 0.25) is 5.91 Å². The second kappa shape index (κ2) is 15.5. The molecule has 2 aliphatic heterocycles. The summed E-state index contributed by atoms with van der Waals surface area (Å²) >= 11 is 0. The molecule has 1 N–H and O–H groups in total. The molecular weight excluding hydrogens is 612 g/mol. The average molecular weight is 664 g/mol. The summed E-state index contributed by atoms with van der Waals surface area (Å²) < 4.78 is 39.2. The number of likely N-dealkylation sites (N-methyl/N-ethyl adjacent to an activating group) is 2. The first-order chi connectivity index (χ1) is 23.2. The van der Waals surface area contributed by atoms with Crippen molar-refractivity contribution < 1.29 is 19.7 Å². The molecule has 0 unspecified atom stereocenters. The van der Waals surface area contributed by atoms with Crippen molar-refractivity contribution in [2.45, 2.75) is 78.8 Å². The van der Waals surface area contributed by atoms with Crippen molar-refractivity contribution in [3.63, 3.8) is 0 Å². The van der Waals surface area contributed by atoms with Gasteiger partial charge in [0.25, 0.3) is 0 Å². The molecular formula is C37H51F2N7O2. The minimum absolute atomic E-state index is 0. The number of nitrogens with zero attached hydrogens (tertiary/aromatic N) is 6. The third kappa shape index (κ3) is 7.22. The molecule has 4 heterocycles. The number of unbranched alkanes of at least 4 members (excludes halogenated alkanes) is 1.